The Hall–Kier alpha value is -1.45. The van der Waals surface area contributed by atoms with Gasteiger partial charge in [0.05, 0.1) is 0 Å². The Labute approximate surface area is 179 Å². The number of aldehydes is 1. The third-order valence-corrected chi connectivity index (χ3v) is 6.07. The molecule has 1 aliphatic rings. The van der Waals surface area contributed by atoms with E-state index in [0.717, 1.165) is 23.8 Å². The zero-order valence-electron chi connectivity index (χ0n) is 18.0. The van der Waals surface area contributed by atoms with Crippen molar-refractivity contribution in [1.29, 1.82) is 0 Å². The number of hydrogen-bond acceptors (Lipinski definition) is 2. The molecule has 0 unspecified atom stereocenters. The van der Waals surface area contributed by atoms with E-state index in [0.29, 0.717) is 6.42 Å². The van der Waals surface area contributed by atoms with Gasteiger partial charge in [0.2, 0.25) is 0 Å². The first kappa shape index (κ1) is 22.8. The van der Waals surface area contributed by atoms with Crippen molar-refractivity contribution < 1.29 is 4.79 Å². The fourth-order valence-corrected chi connectivity index (χ4v) is 3.90. The molecule has 0 aromatic heterocycles. The largest absolute Gasteiger partial charge is 0.306 e. The number of rotatable bonds is 3. The second-order valence-electron chi connectivity index (χ2n) is 9.19. The summed E-state index contributed by atoms with van der Waals surface area (Å²) in [6.07, 6.45) is 4.00. The topological polar surface area (TPSA) is 20.3 Å². The number of carbonyl (C=O) groups excluding carboxylic acids is 1. The highest BCUT2D eigenvalue weighted by molar-refractivity contribution is 9.10. The van der Waals surface area contributed by atoms with Crippen molar-refractivity contribution in [3.63, 3.8) is 0 Å². The Morgan fingerprint density at radius 2 is 1.43 bits per heavy atom. The lowest BCUT2D eigenvalue weighted by Crippen LogP contribution is -2.41. The number of aryl methyl sites for hydroxylation is 1. The molecule has 3 heteroatoms. The van der Waals surface area contributed by atoms with Crippen LogP contribution in [0.2, 0.25) is 0 Å². The van der Waals surface area contributed by atoms with Crippen molar-refractivity contribution in [2.75, 3.05) is 20.1 Å². The number of likely N-dealkylation sites (tertiary alicyclic amines) is 1. The van der Waals surface area contributed by atoms with Crippen LogP contribution in [-0.4, -0.2) is 31.3 Å². The summed E-state index contributed by atoms with van der Waals surface area (Å²) in [6, 6.07) is 18.0. The summed E-state index contributed by atoms with van der Waals surface area (Å²) in [5.74, 6) is 0. The molecule has 152 valence electrons. The summed E-state index contributed by atoms with van der Waals surface area (Å²) < 4.78 is 1.15. The van der Waals surface area contributed by atoms with E-state index in [1.807, 2.05) is 20.8 Å². The maximum Gasteiger partial charge on any atom is 0.120 e. The fourth-order valence-electron chi connectivity index (χ4n) is 3.64. The van der Waals surface area contributed by atoms with Crippen LogP contribution in [0.1, 0.15) is 56.7 Å². The van der Waals surface area contributed by atoms with Crippen LogP contribution in [0.4, 0.5) is 0 Å². The number of halogens is 1. The minimum absolute atomic E-state index is 0.168. The first-order chi connectivity index (χ1) is 13.2. The van der Waals surface area contributed by atoms with Crippen LogP contribution in [0.15, 0.2) is 53.0 Å². The summed E-state index contributed by atoms with van der Waals surface area (Å²) in [4.78, 5) is 12.3. The van der Waals surface area contributed by atoms with Crippen LogP contribution < -0.4 is 0 Å². The molecular weight excluding hydrogens is 410 g/mol. The maximum absolute atomic E-state index is 9.82. The third kappa shape index (κ3) is 6.28. The molecule has 1 heterocycles. The molecule has 0 spiro atoms. The zero-order valence-corrected chi connectivity index (χ0v) is 19.6. The summed E-state index contributed by atoms with van der Waals surface area (Å²) >= 11 is 3.55. The monoisotopic (exact) mass is 443 g/mol. The number of carbonyl (C=O) groups is 1. The van der Waals surface area contributed by atoms with Gasteiger partial charge in [-0.15, -0.1) is 0 Å². The van der Waals surface area contributed by atoms with Crippen LogP contribution in [-0.2, 0) is 10.2 Å². The van der Waals surface area contributed by atoms with Gasteiger partial charge in [0.25, 0.3) is 0 Å². The highest BCUT2D eigenvalue weighted by Crippen LogP contribution is 2.41. The minimum atomic E-state index is 0.168. The van der Waals surface area contributed by atoms with Gasteiger partial charge in [-0.25, -0.2) is 0 Å². The highest BCUT2D eigenvalue weighted by atomic mass is 79.9. The molecule has 2 aromatic carbocycles. The Kier molecular flexibility index (Phi) is 8.03. The molecule has 0 N–H and O–H groups in total. The molecular formula is C25H34BrNO. The lowest BCUT2D eigenvalue weighted by Gasteiger charge is -2.42. The lowest BCUT2D eigenvalue weighted by molar-refractivity contribution is -0.109. The molecule has 0 atom stereocenters. The molecule has 28 heavy (non-hydrogen) atoms. The SMILES string of the molecule is CC(C)(C)CC=O.Cc1ccc(C2(c3ccc(Br)cc3)CCN(C)CC2)cc1. The van der Waals surface area contributed by atoms with Crippen molar-refractivity contribution in [3.05, 3.63) is 69.7 Å². The van der Waals surface area contributed by atoms with E-state index >= 15 is 0 Å². The number of hydrogen-bond donors (Lipinski definition) is 0. The smallest absolute Gasteiger partial charge is 0.120 e. The lowest BCUT2D eigenvalue weighted by atomic mass is 9.68. The molecule has 1 fully saturated rings. The quantitative estimate of drug-likeness (QED) is 0.511. The predicted molar refractivity (Wildman–Crippen MR) is 123 cm³/mol. The summed E-state index contributed by atoms with van der Waals surface area (Å²) in [7, 11) is 2.22. The maximum atomic E-state index is 9.82. The van der Waals surface area contributed by atoms with Crippen LogP contribution in [0.25, 0.3) is 0 Å². The molecule has 0 amide bonds. The molecule has 1 saturated heterocycles. The van der Waals surface area contributed by atoms with E-state index in [2.05, 4.69) is 83.3 Å². The van der Waals surface area contributed by atoms with Gasteiger partial charge in [-0.1, -0.05) is 78.7 Å². The van der Waals surface area contributed by atoms with Gasteiger partial charge in [0.1, 0.15) is 6.29 Å². The Bertz CT molecular complexity index is 688. The summed E-state index contributed by atoms with van der Waals surface area (Å²) in [6.45, 7) is 10.6. The summed E-state index contributed by atoms with van der Waals surface area (Å²) in [5, 5.41) is 0. The van der Waals surface area contributed by atoms with Gasteiger partial charge >= 0.3 is 0 Å². The van der Waals surface area contributed by atoms with E-state index in [1.165, 1.54) is 29.5 Å². The second-order valence-corrected chi connectivity index (χ2v) is 10.1. The molecule has 0 saturated carbocycles. The molecule has 3 rings (SSSR count). The highest BCUT2D eigenvalue weighted by Gasteiger charge is 2.36. The first-order valence-electron chi connectivity index (χ1n) is 10.1. The van der Waals surface area contributed by atoms with Crippen LogP contribution in [0.5, 0.6) is 0 Å². The molecule has 0 bridgehead atoms. The predicted octanol–water partition coefficient (Wildman–Crippen LogP) is 6.39. The van der Waals surface area contributed by atoms with Gasteiger partial charge in [-0.3, -0.25) is 0 Å². The number of benzene rings is 2. The minimum Gasteiger partial charge on any atom is -0.306 e. The van der Waals surface area contributed by atoms with E-state index in [1.54, 1.807) is 0 Å². The van der Waals surface area contributed by atoms with E-state index in [9.17, 15) is 4.79 Å². The molecule has 2 aromatic rings. The Morgan fingerprint density at radius 3 is 1.82 bits per heavy atom. The van der Waals surface area contributed by atoms with Crippen LogP contribution in [0, 0.1) is 12.3 Å². The van der Waals surface area contributed by atoms with Crippen molar-refractivity contribution in [3.8, 4) is 0 Å². The summed E-state index contributed by atoms with van der Waals surface area (Å²) in [5.41, 5.74) is 4.59. The van der Waals surface area contributed by atoms with E-state index in [-0.39, 0.29) is 10.8 Å². The van der Waals surface area contributed by atoms with Crippen molar-refractivity contribution in [1.82, 2.24) is 4.90 Å². The van der Waals surface area contributed by atoms with Gasteiger partial charge in [-0.2, -0.15) is 0 Å². The van der Waals surface area contributed by atoms with E-state index in [4.69, 9.17) is 0 Å². The molecule has 0 radical (unpaired) electrons. The standard InChI is InChI=1S/C19H22BrN.C6H12O/c1-15-3-5-16(6-4-15)19(11-13-21(2)14-12-19)17-7-9-18(20)10-8-17;1-6(2,3)4-5-7/h3-10H,11-14H2,1-2H3;5H,4H2,1-3H3. The molecule has 1 aliphatic heterocycles. The second kappa shape index (κ2) is 9.84. The number of nitrogens with zero attached hydrogens (tertiary/aromatic N) is 1. The Morgan fingerprint density at radius 1 is 0.964 bits per heavy atom. The molecule has 0 aliphatic carbocycles. The van der Waals surface area contributed by atoms with Crippen molar-refractivity contribution in [2.45, 2.75) is 52.4 Å². The van der Waals surface area contributed by atoms with Crippen LogP contribution in [0.3, 0.4) is 0 Å². The van der Waals surface area contributed by atoms with Gasteiger partial charge < -0.3 is 9.69 Å². The first-order valence-corrected chi connectivity index (χ1v) is 10.9. The van der Waals surface area contributed by atoms with Gasteiger partial charge in [-0.05, 0) is 68.6 Å². The molecule has 2 nitrogen and oxygen atoms in total. The Balaban J connectivity index is 0.000000345. The average Bonchev–Trinajstić information content (AvgIpc) is 2.64. The fraction of sp³-hybridized carbons (Fsp3) is 0.480. The third-order valence-electron chi connectivity index (χ3n) is 5.54. The van der Waals surface area contributed by atoms with E-state index < -0.39 is 0 Å². The van der Waals surface area contributed by atoms with Crippen molar-refractivity contribution >= 4 is 22.2 Å². The van der Waals surface area contributed by atoms with Gasteiger partial charge in [0, 0.05) is 16.3 Å². The number of piperidine rings is 1. The van der Waals surface area contributed by atoms with Crippen LogP contribution >= 0.6 is 15.9 Å². The van der Waals surface area contributed by atoms with Gasteiger partial charge in [0.15, 0.2) is 0 Å². The zero-order chi connectivity index (χ0) is 20.8. The normalized spacial score (nSPS) is 16.8. The average molecular weight is 444 g/mol. The van der Waals surface area contributed by atoms with Crippen molar-refractivity contribution in [2.24, 2.45) is 5.41 Å².